The molecule has 1 saturated heterocycles. The molecule has 3 heterocycles. The number of amides is 2. The second-order valence-electron chi connectivity index (χ2n) is 9.15. The molecule has 2 aliphatic rings. The molecular formula is C27H31FN4O8. The molecule has 0 bridgehead atoms. The van der Waals surface area contributed by atoms with Crippen LogP contribution >= 0.6 is 0 Å². The van der Waals surface area contributed by atoms with Crippen molar-refractivity contribution in [2.45, 2.75) is 20.0 Å². The molecule has 40 heavy (non-hydrogen) atoms. The summed E-state index contributed by atoms with van der Waals surface area (Å²) in [5, 5.41) is 31.4. The van der Waals surface area contributed by atoms with Gasteiger partial charge in [0.25, 0.3) is 11.8 Å². The van der Waals surface area contributed by atoms with Gasteiger partial charge in [-0.2, -0.15) is 0 Å². The number of morpholine rings is 1. The van der Waals surface area contributed by atoms with Crippen molar-refractivity contribution in [3.63, 3.8) is 0 Å². The number of hydrogen-bond donors (Lipinski definition) is 6. The topological polar surface area (TPSA) is 181 Å². The van der Waals surface area contributed by atoms with E-state index in [9.17, 15) is 28.7 Å². The zero-order valence-corrected chi connectivity index (χ0v) is 22.0. The maximum absolute atomic E-state index is 13.7. The van der Waals surface area contributed by atoms with Crippen LogP contribution in [-0.2, 0) is 19.1 Å². The molecular weight excluding hydrogens is 527 g/mol. The summed E-state index contributed by atoms with van der Waals surface area (Å²) in [5.74, 6) is -3.57. The third kappa shape index (κ3) is 8.09. The van der Waals surface area contributed by atoms with E-state index in [1.165, 1.54) is 18.2 Å². The number of carbonyl (C=O) groups is 4. The Morgan fingerprint density at radius 3 is 2.42 bits per heavy atom. The molecule has 1 atom stereocenters. The van der Waals surface area contributed by atoms with Gasteiger partial charge in [0, 0.05) is 61.0 Å². The number of rotatable bonds is 8. The third-order valence-corrected chi connectivity index (χ3v) is 6.20. The van der Waals surface area contributed by atoms with Crippen LogP contribution in [0.25, 0.3) is 11.6 Å². The van der Waals surface area contributed by atoms with Crippen LogP contribution in [0.2, 0.25) is 0 Å². The summed E-state index contributed by atoms with van der Waals surface area (Å²) in [6, 6.07) is 4.13. The summed E-state index contributed by atoms with van der Waals surface area (Å²) >= 11 is 0. The number of aliphatic hydroxyl groups is 1. The summed E-state index contributed by atoms with van der Waals surface area (Å²) in [7, 11) is 0. The van der Waals surface area contributed by atoms with Crippen LogP contribution in [0.3, 0.4) is 0 Å². The smallest absolute Gasteiger partial charge is 0.328 e. The fourth-order valence-electron chi connectivity index (χ4n) is 4.29. The number of fused-ring (bicyclic) bond motifs is 1. The number of halogens is 1. The van der Waals surface area contributed by atoms with Crippen LogP contribution in [-0.4, -0.2) is 94.5 Å². The first kappa shape index (κ1) is 30.2. The number of benzene rings is 1. The molecule has 1 fully saturated rings. The lowest BCUT2D eigenvalue weighted by Gasteiger charge is -2.28. The monoisotopic (exact) mass is 558 g/mol. The van der Waals surface area contributed by atoms with Gasteiger partial charge in [0.05, 0.1) is 30.5 Å². The Balaban J connectivity index is 0.000000482. The number of ether oxygens (including phenoxy) is 1. The number of aliphatic hydroxyl groups excluding tert-OH is 1. The molecule has 0 unspecified atom stereocenters. The van der Waals surface area contributed by atoms with E-state index in [0.29, 0.717) is 71.2 Å². The number of aliphatic carboxylic acids is 2. The van der Waals surface area contributed by atoms with E-state index in [1.54, 1.807) is 19.9 Å². The fourth-order valence-corrected chi connectivity index (χ4v) is 4.29. The molecule has 1 aromatic carbocycles. The van der Waals surface area contributed by atoms with Gasteiger partial charge >= 0.3 is 11.9 Å². The first-order valence-corrected chi connectivity index (χ1v) is 12.4. The average Bonchev–Trinajstić information content (AvgIpc) is 3.36. The average molecular weight is 559 g/mol. The molecule has 13 heteroatoms. The standard InChI is InChI=1S/C23H27FN4O4.C4H4O4/c1-13-20(10-18-17-9-15(24)3-4-19(17)27-22(18)30)26-14(2)21(13)23(31)25-11-16(29)12-28-5-7-32-8-6-28;5-3(6)1-2-4(7)8/h3-4,9-10,16,26,29H,5-8,11-12H2,1-2H3,(H,25,31)(H,27,30);1-2H,(H,5,6)(H,7,8)/b18-10-;2-1+/t16-;/m0./s1. The Morgan fingerprint density at radius 1 is 1.15 bits per heavy atom. The van der Waals surface area contributed by atoms with Gasteiger partial charge in [0.15, 0.2) is 0 Å². The second kappa shape index (κ2) is 13.6. The lowest BCUT2D eigenvalue weighted by atomic mass is 10.0. The number of aromatic nitrogens is 1. The van der Waals surface area contributed by atoms with E-state index in [4.69, 9.17) is 14.9 Å². The largest absolute Gasteiger partial charge is 0.478 e. The zero-order valence-electron chi connectivity index (χ0n) is 22.0. The van der Waals surface area contributed by atoms with Gasteiger partial charge in [-0.15, -0.1) is 0 Å². The second-order valence-corrected chi connectivity index (χ2v) is 9.15. The Hall–Kier alpha value is -4.33. The van der Waals surface area contributed by atoms with Crippen molar-refractivity contribution >= 4 is 41.1 Å². The molecule has 4 rings (SSSR count). The molecule has 2 amide bonds. The van der Waals surface area contributed by atoms with Gasteiger partial charge in [-0.1, -0.05) is 0 Å². The highest BCUT2D eigenvalue weighted by Crippen LogP contribution is 2.34. The van der Waals surface area contributed by atoms with Gasteiger partial charge in [-0.05, 0) is 43.7 Å². The van der Waals surface area contributed by atoms with E-state index < -0.39 is 23.9 Å². The molecule has 0 spiro atoms. The molecule has 12 nitrogen and oxygen atoms in total. The van der Waals surface area contributed by atoms with Crippen LogP contribution in [0, 0.1) is 19.7 Å². The van der Waals surface area contributed by atoms with Crippen molar-refractivity contribution in [3.05, 3.63) is 64.2 Å². The number of H-pyrrole nitrogens is 1. The van der Waals surface area contributed by atoms with Crippen molar-refractivity contribution in [1.82, 2.24) is 15.2 Å². The molecule has 214 valence electrons. The molecule has 0 radical (unpaired) electrons. The summed E-state index contributed by atoms with van der Waals surface area (Å²) in [6.07, 6.45) is 2.06. The van der Waals surface area contributed by atoms with Gasteiger partial charge in [0.1, 0.15) is 5.82 Å². The Kier molecular flexibility index (Phi) is 10.3. The maximum Gasteiger partial charge on any atom is 0.328 e. The van der Waals surface area contributed by atoms with Gasteiger partial charge in [0.2, 0.25) is 0 Å². The van der Waals surface area contributed by atoms with Crippen LogP contribution < -0.4 is 10.6 Å². The van der Waals surface area contributed by atoms with E-state index in [0.717, 1.165) is 13.1 Å². The number of nitrogens with zero attached hydrogens (tertiary/aromatic N) is 1. The third-order valence-electron chi connectivity index (χ3n) is 6.20. The Bertz CT molecular complexity index is 1330. The summed E-state index contributed by atoms with van der Waals surface area (Å²) in [6.45, 7) is 6.98. The van der Waals surface area contributed by atoms with Crippen LogP contribution in [0.4, 0.5) is 10.1 Å². The number of carboxylic acid groups (broad SMARTS) is 2. The summed E-state index contributed by atoms with van der Waals surface area (Å²) < 4.78 is 19.0. The molecule has 6 N–H and O–H groups in total. The summed E-state index contributed by atoms with van der Waals surface area (Å²) in [5.41, 5.74) is 3.75. The number of anilines is 1. The van der Waals surface area contributed by atoms with Crippen molar-refractivity contribution in [2.24, 2.45) is 0 Å². The minimum absolute atomic E-state index is 0.131. The highest BCUT2D eigenvalue weighted by atomic mass is 19.1. The molecule has 2 aliphatic heterocycles. The number of hydrogen-bond acceptors (Lipinski definition) is 7. The highest BCUT2D eigenvalue weighted by Gasteiger charge is 2.26. The van der Waals surface area contributed by atoms with Crippen molar-refractivity contribution < 1.29 is 43.6 Å². The number of carboxylic acids is 2. The minimum Gasteiger partial charge on any atom is -0.478 e. The van der Waals surface area contributed by atoms with E-state index in [2.05, 4.69) is 20.5 Å². The Labute approximate surface area is 229 Å². The van der Waals surface area contributed by atoms with Crippen LogP contribution in [0.5, 0.6) is 0 Å². The first-order chi connectivity index (χ1) is 19.0. The van der Waals surface area contributed by atoms with Gasteiger partial charge in [-0.25, -0.2) is 14.0 Å². The molecule has 0 saturated carbocycles. The number of β-amino-alcohol motifs (C(OH)–C–C–N with tert-alkyl or cyclic N) is 1. The predicted molar refractivity (Wildman–Crippen MR) is 143 cm³/mol. The number of nitrogens with one attached hydrogen (secondary N) is 3. The lowest BCUT2D eigenvalue weighted by molar-refractivity contribution is -0.134. The number of carbonyl (C=O) groups excluding carboxylic acids is 2. The number of aromatic amines is 1. The zero-order chi connectivity index (χ0) is 29.4. The van der Waals surface area contributed by atoms with Crippen molar-refractivity contribution in [1.29, 1.82) is 0 Å². The van der Waals surface area contributed by atoms with Crippen LogP contribution in [0.1, 0.15) is 32.9 Å². The predicted octanol–water partition coefficient (Wildman–Crippen LogP) is 1.40. The summed E-state index contributed by atoms with van der Waals surface area (Å²) in [4.78, 5) is 49.6. The maximum atomic E-state index is 13.7. The van der Waals surface area contributed by atoms with Crippen molar-refractivity contribution in [2.75, 3.05) is 44.7 Å². The normalized spacial score (nSPS) is 16.7. The lowest BCUT2D eigenvalue weighted by Crippen LogP contribution is -2.44. The van der Waals surface area contributed by atoms with Gasteiger partial charge in [-0.3, -0.25) is 14.5 Å². The van der Waals surface area contributed by atoms with Crippen LogP contribution in [0.15, 0.2) is 30.4 Å². The highest BCUT2D eigenvalue weighted by molar-refractivity contribution is 6.34. The van der Waals surface area contributed by atoms with E-state index >= 15 is 0 Å². The minimum atomic E-state index is -1.26. The van der Waals surface area contributed by atoms with Crippen molar-refractivity contribution in [3.8, 4) is 0 Å². The molecule has 2 aromatic rings. The molecule has 1 aromatic heterocycles. The van der Waals surface area contributed by atoms with E-state index in [-0.39, 0.29) is 18.4 Å². The quantitative estimate of drug-likeness (QED) is 0.261. The number of aryl methyl sites for hydroxylation is 1. The van der Waals surface area contributed by atoms with Gasteiger partial charge < -0.3 is 35.7 Å². The SMILES string of the molecule is Cc1[nH]c(/C=C2\C(=O)Nc3ccc(F)cc32)c(C)c1C(=O)NC[C@H](O)CN1CCOCC1.O=C(O)/C=C/C(=O)O. The Morgan fingerprint density at radius 2 is 1.80 bits per heavy atom. The van der Waals surface area contributed by atoms with E-state index in [1.807, 2.05) is 0 Å². The molecule has 0 aliphatic carbocycles. The first-order valence-electron chi connectivity index (χ1n) is 12.4. The fraction of sp³-hybridized carbons (Fsp3) is 0.333.